The van der Waals surface area contributed by atoms with E-state index < -0.39 is 0 Å². The molecule has 1 aromatic carbocycles. The van der Waals surface area contributed by atoms with Crippen molar-refractivity contribution in [3.8, 4) is 5.69 Å². The molecule has 0 saturated carbocycles. The van der Waals surface area contributed by atoms with Gasteiger partial charge in [0.1, 0.15) is 0 Å². The van der Waals surface area contributed by atoms with Crippen molar-refractivity contribution in [1.29, 1.82) is 0 Å². The first-order chi connectivity index (χ1) is 10.9. The number of rotatable bonds is 3. The number of likely N-dealkylation sites (tertiary alicyclic amines) is 1. The van der Waals surface area contributed by atoms with Gasteiger partial charge >= 0.3 is 0 Å². The number of hydrogen-bond acceptors (Lipinski definition) is 4. The number of halogens is 2. The average molecular weight is 370 g/mol. The number of aromatic nitrogens is 3. The molecule has 2 N–H and O–H groups in total. The second-order valence-corrected chi connectivity index (χ2v) is 6.84. The summed E-state index contributed by atoms with van der Waals surface area (Å²) in [5.41, 5.74) is 7.68. The Morgan fingerprint density at radius 3 is 2.83 bits per heavy atom. The van der Waals surface area contributed by atoms with E-state index in [1.54, 1.807) is 16.8 Å². The van der Waals surface area contributed by atoms with Crippen LogP contribution in [0, 0.1) is 12.3 Å². The lowest BCUT2D eigenvalue weighted by Gasteiger charge is -2.22. The van der Waals surface area contributed by atoms with E-state index in [0.29, 0.717) is 36.0 Å². The van der Waals surface area contributed by atoms with Gasteiger partial charge in [0.15, 0.2) is 5.69 Å². The van der Waals surface area contributed by atoms with Crippen molar-refractivity contribution in [1.82, 2.24) is 19.9 Å². The van der Waals surface area contributed by atoms with Gasteiger partial charge in [0.05, 0.1) is 11.4 Å². The maximum Gasteiger partial charge on any atom is 0.276 e. The zero-order chi connectivity index (χ0) is 16.6. The van der Waals surface area contributed by atoms with Gasteiger partial charge in [0.25, 0.3) is 5.91 Å². The van der Waals surface area contributed by atoms with Crippen molar-refractivity contribution in [2.75, 3.05) is 19.6 Å². The number of benzene rings is 1. The number of amides is 1. The van der Waals surface area contributed by atoms with Crippen LogP contribution in [0.2, 0.25) is 5.02 Å². The van der Waals surface area contributed by atoms with Crippen molar-refractivity contribution in [2.45, 2.75) is 20.3 Å². The molecule has 1 atom stereocenters. The molecule has 130 valence electrons. The van der Waals surface area contributed by atoms with E-state index in [4.69, 9.17) is 17.3 Å². The standard InChI is InChI=1S/C16H20ClN5O.ClH/c1-11-14(15(23)21-7-6-16(2,9-18)10-21)19-20-22(11)13-5-3-4-12(17)8-13;/h3-5,8H,6-7,9-10,18H2,1-2H3;1H. The van der Waals surface area contributed by atoms with E-state index in [-0.39, 0.29) is 23.7 Å². The van der Waals surface area contributed by atoms with Crippen LogP contribution in [0.4, 0.5) is 0 Å². The number of hydrogen-bond donors (Lipinski definition) is 1. The first kappa shape index (κ1) is 18.7. The highest BCUT2D eigenvalue weighted by Gasteiger charge is 2.36. The summed E-state index contributed by atoms with van der Waals surface area (Å²) in [4.78, 5) is 14.5. The third kappa shape index (κ3) is 3.41. The predicted molar refractivity (Wildman–Crippen MR) is 96.0 cm³/mol. The minimum Gasteiger partial charge on any atom is -0.337 e. The van der Waals surface area contributed by atoms with Gasteiger partial charge in [0.2, 0.25) is 0 Å². The monoisotopic (exact) mass is 369 g/mol. The Kier molecular flexibility index (Phi) is 5.52. The normalized spacial score (nSPS) is 20.1. The van der Waals surface area contributed by atoms with Gasteiger partial charge in [0, 0.05) is 18.1 Å². The first-order valence-electron chi connectivity index (χ1n) is 7.61. The minimum atomic E-state index is -0.0899. The highest BCUT2D eigenvalue weighted by atomic mass is 35.5. The van der Waals surface area contributed by atoms with Gasteiger partial charge in [-0.3, -0.25) is 4.79 Å². The molecule has 24 heavy (non-hydrogen) atoms. The fourth-order valence-electron chi connectivity index (χ4n) is 2.89. The smallest absolute Gasteiger partial charge is 0.276 e. The molecule has 0 bridgehead atoms. The van der Waals surface area contributed by atoms with E-state index in [0.717, 1.165) is 12.1 Å². The summed E-state index contributed by atoms with van der Waals surface area (Å²) in [5.74, 6) is -0.0899. The first-order valence-corrected chi connectivity index (χ1v) is 7.99. The predicted octanol–water partition coefficient (Wildman–Crippen LogP) is 2.46. The van der Waals surface area contributed by atoms with Gasteiger partial charge in [-0.2, -0.15) is 0 Å². The number of carbonyl (C=O) groups is 1. The lowest BCUT2D eigenvalue weighted by atomic mass is 9.90. The summed E-state index contributed by atoms with van der Waals surface area (Å²) in [6, 6.07) is 7.30. The Morgan fingerprint density at radius 2 is 2.21 bits per heavy atom. The lowest BCUT2D eigenvalue weighted by Crippen LogP contribution is -2.35. The van der Waals surface area contributed by atoms with Crippen LogP contribution < -0.4 is 5.73 Å². The second kappa shape index (κ2) is 7.09. The quantitative estimate of drug-likeness (QED) is 0.901. The van der Waals surface area contributed by atoms with Gasteiger partial charge in [-0.15, -0.1) is 17.5 Å². The molecule has 1 aliphatic heterocycles. The van der Waals surface area contributed by atoms with Gasteiger partial charge in [-0.25, -0.2) is 4.68 Å². The molecule has 3 rings (SSSR count). The molecule has 0 spiro atoms. The summed E-state index contributed by atoms with van der Waals surface area (Å²) in [7, 11) is 0. The summed E-state index contributed by atoms with van der Waals surface area (Å²) in [6.45, 7) is 5.88. The molecular formula is C16H21Cl2N5O. The lowest BCUT2D eigenvalue weighted by molar-refractivity contribution is 0.0770. The summed E-state index contributed by atoms with van der Waals surface area (Å²) in [6.07, 6.45) is 0.913. The molecule has 1 fully saturated rings. The molecule has 8 heteroatoms. The maximum absolute atomic E-state index is 12.7. The Balaban J connectivity index is 0.00000208. The van der Waals surface area contributed by atoms with Gasteiger partial charge in [-0.05, 0) is 43.5 Å². The molecule has 1 saturated heterocycles. The van der Waals surface area contributed by atoms with Gasteiger partial charge < -0.3 is 10.6 Å². The molecule has 6 nitrogen and oxygen atoms in total. The van der Waals surface area contributed by atoms with E-state index in [1.165, 1.54) is 0 Å². The van der Waals surface area contributed by atoms with Crippen molar-refractivity contribution in [2.24, 2.45) is 11.1 Å². The molecule has 0 radical (unpaired) electrons. The minimum absolute atomic E-state index is 0. The van der Waals surface area contributed by atoms with Crippen LogP contribution in [-0.4, -0.2) is 45.4 Å². The summed E-state index contributed by atoms with van der Waals surface area (Å²) in [5, 5.41) is 8.81. The van der Waals surface area contributed by atoms with Crippen LogP contribution in [-0.2, 0) is 0 Å². The van der Waals surface area contributed by atoms with E-state index in [1.807, 2.05) is 24.0 Å². The maximum atomic E-state index is 12.7. The Hall–Kier alpha value is -1.63. The number of nitrogens with two attached hydrogens (primary N) is 1. The Bertz CT molecular complexity index is 748. The third-order valence-electron chi connectivity index (χ3n) is 4.49. The fraction of sp³-hybridized carbons (Fsp3) is 0.438. The molecule has 2 heterocycles. The fourth-order valence-corrected chi connectivity index (χ4v) is 3.08. The van der Waals surface area contributed by atoms with Crippen molar-refractivity contribution in [3.05, 3.63) is 40.7 Å². The van der Waals surface area contributed by atoms with Gasteiger partial charge in [-0.1, -0.05) is 29.8 Å². The van der Waals surface area contributed by atoms with Crippen LogP contribution in [0.1, 0.15) is 29.5 Å². The second-order valence-electron chi connectivity index (χ2n) is 6.41. The summed E-state index contributed by atoms with van der Waals surface area (Å²) < 4.78 is 1.64. The number of carbonyl (C=O) groups excluding carboxylic acids is 1. The van der Waals surface area contributed by atoms with Crippen LogP contribution in [0.15, 0.2) is 24.3 Å². The SMILES string of the molecule is Cc1c(C(=O)N2CCC(C)(CN)C2)nnn1-c1cccc(Cl)c1.Cl. The highest BCUT2D eigenvalue weighted by Crippen LogP contribution is 2.29. The third-order valence-corrected chi connectivity index (χ3v) is 4.72. The van der Waals surface area contributed by atoms with E-state index >= 15 is 0 Å². The van der Waals surface area contributed by atoms with E-state index in [9.17, 15) is 4.79 Å². The molecule has 1 aromatic heterocycles. The molecule has 1 unspecified atom stereocenters. The molecule has 1 aliphatic rings. The van der Waals surface area contributed by atoms with Crippen molar-refractivity contribution >= 4 is 29.9 Å². The molecule has 1 amide bonds. The van der Waals surface area contributed by atoms with Crippen LogP contribution in [0.25, 0.3) is 5.69 Å². The Labute approximate surface area is 152 Å². The van der Waals surface area contributed by atoms with Crippen molar-refractivity contribution in [3.63, 3.8) is 0 Å². The van der Waals surface area contributed by atoms with Crippen LogP contribution >= 0.6 is 24.0 Å². The van der Waals surface area contributed by atoms with Crippen LogP contribution in [0.3, 0.4) is 0 Å². The Morgan fingerprint density at radius 1 is 1.46 bits per heavy atom. The molecular weight excluding hydrogens is 349 g/mol. The largest absolute Gasteiger partial charge is 0.337 e. The summed E-state index contributed by atoms with van der Waals surface area (Å²) >= 11 is 6.02. The molecule has 2 aromatic rings. The van der Waals surface area contributed by atoms with Crippen LogP contribution in [0.5, 0.6) is 0 Å². The molecule has 0 aliphatic carbocycles. The topological polar surface area (TPSA) is 77.0 Å². The zero-order valence-corrected chi connectivity index (χ0v) is 15.3. The zero-order valence-electron chi connectivity index (χ0n) is 13.7. The highest BCUT2D eigenvalue weighted by molar-refractivity contribution is 6.30. The number of nitrogens with zero attached hydrogens (tertiary/aromatic N) is 4. The van der Waals surface area contributed by atoms with Crippen molar-refractivity contribution < 1.29 is 4.79 Å². The van der Waals surface area contributed by atoms with E-state index in [2.05, 4.69) is 17.2 Å². The average Bonchev–Trinajstić information content (AvgIpc) is 3.11.